The molecule has 0 bridgehead atoms. The zero-order chi connectivity index (χ0) is 6.69. The van der Waals surface area contributed by atoms with Gasteiger partial charge >= 0.3 is 0 Å². The Kier molecular flexibility index (Phi) is 2.86. The molecule has 1 fully saturated rings. The Morgan fingerprint density at radius 3 is 2.89 bits per heavy atom. The average Bonchev–Trinajstić information content (AvgIpc) is 2.37. The van der Waals surface area contributed by atoms with Gasteiger partial charge in [0.1, 0.15) is 0 Å². The molecule has 2 heteroatoms. The van der Waals surface area contributed by atoms with Gasteiger partial charge in [-0.05, 0) is 31.7 Å². The van der Waals surface area contributed by atoms with E-state index in [1.165, 1.54) is 19.5 Å². The molecule has 0 spiro atoms. The number of thioether (sulfide) groups is 1. The van der Waals surface area contributed by atoms with Crippen LogP contribution in [0.4, 0.5) is 0 Å². The summed E-state index contributed by atoms with van der Waals surface area (Å²) < 4.78 is 0. The minimum atomic E-state index is 0.847. The zero-order valence-electron chi connectivity index (χ0n) is 6.18. The molecule has 0 saturated carbocycles. The van der Waals surface area contributed by atoms with Gasteiger partial charge in [-0.3, -0.25) is 0 Å². The van der Waals surface area contributed by atoms with Gasteiger partial charge in [0.05, 0.1) is 0 Å². The van der Waals surface area contributed by atoms with E-state index in [1.54, 1.807) is 0 Å². The number of rotatable bonds is 2. The average molecular weight is 145 g/mol. The van der Waals surface area contributed by atoms with Crippen LogP contribution in [0.1, 0.15) is 13.3 Å². The second-order valence-electron chi connectivity index (χ2n) is 2.69. The Labute approximate surface area is 61.6 Å². The van der Waals surface area contributed by atoms with Gasteiger partial charge < -0.3 is 5.32 Å². The molecule has 2 atom stereocenters. The lowest BCUT2D eigenvalue weighted by Gasteiger charge is -2.14. The van der Waals surface area contributed by atoms with E-state index >= 15 is 0 Å². The molecule has 0 aromatic heterocycles. The molecule has 0 aromatic carbocycles. The minimum absolute atomic E-state index is 0.847. The Morgan fingerprint density at radius 1 is 1.67 bits per heavy atom. The van der Waals surface area contributed by atoms with Gasteiger partial charge in [-0.1, -0.05) is 6.92 Å². The van der Waals surface area contributed by atoms with Gasteiger partial charge in [-0.15, -0.1) is 0 Å². The first-order valence-electron chi connectivity index (χ1n) is 3.58. The van der Waals surface area contributed by atoms with Crippen molar-refractivity contribution < 1.29 is 0 Å². The Bertz CT molecular complexity index is 79.0. The van der Waals surface area contributed by atoms with Crippen molar-refractivity contribution in [2.45, 2.75) is 18.6 Å². The van der Waals surface area contributed by atoms with Gasteiger partial charge in [-0.25, -0.2) is 0 Å². The molecular formula is C7H15NS. The summed E-state index contributed by atoms with van der Waals surface area (Å²) in [5.74, 6) is 0.931. The molecule has 0 radical (unpaired) electrons. The molecule has 0 aromatic rings. The van der Waals surface area contributed by atoms with Gasteiger partial charge in [-0.2, -0.15) is 11.8 Å². The van der Waals surface area contributed by atoms with Crippen LogP contribution in [-0.2, 0) is 0 Å². The molecular weight excluding hydrogens is 130 g/mol. The number of hydrogen-bond acceptors (Lipinski definition) is 2. The first-order chi connectivity index (χ1) is 4.34. The number of nitrogens with one attached hydrogen (secondary N) is 1. The summed E-state index contributed by atoms with van der Waals surface area (Å²) in [5.41, 5.74) is 0. The summed E-state index contributed by atoms with van der Waals surface area (Å²) in [4.78, 5) is 0. The molecule has 2 unspecified atom stereocenters. The molecule has 1 aliphatic rings. The zero-order valence-corrected chi connectivity index (χ0v) is 7.00. The van der Waals surface area contributed by atoms with Gasteiger partial charge in [0.2, 0.25) is 0 Å². The SMILES string of the molecule is CSC(C)C1CCNC1. The van der Waals surface area contributed by atoms with Crippen molar-refractivity contribution in [3.05, 3.63) is 0 Å². The maximum Gasteiger partial charge on any atom is 0.00567 e. The van der Waals surface area contributed by atoms with Crippen molar-refractivity contribution in [1.82, 2.24) is 5.32 Å². The second kappa shape index (κ2) is 3.47. The molecule has 9 heavy (non-hydrogen) atoms. The van der Waals surface area contributed by atoms with E-state index in [0.29, 0.717) is 0 Å². The van der Waals surface area contributed by atoms with E-state index in [-0.39, 0.29) is 0 Å². The van der Waals surface area contributed by atoms with Gasteiger partial charge in [0, 0.05) is 5.25 Å². The van der Waals surface area contributed by atoms with Crippen molar-refractivity contribution >= 4 is 11.8 Å². The highest BCUT2D eigenvalue weighted by molar-refractivity contribution is 7.99. The van der Waals surface area contributed by atoms with E-state index < -0.39 is 0 Å². The highest BCUT2D eigenvalue weighted by atomic mass is 32.2. The molecule has 1 saturated heterocycles. The van der Waals surface area contributed by atoms with Crippen LogP contribution in [-0.4, -0.2) is 24.6 Å². The molecule has 1 rings (SSSR count). The van der Waals surface area contributed by atoms with Crippen molar-refractivity contribution in [2.75, 3.05) is 19.3 Å². The standard InChI is InChI=1S/C7H15NS/c1-6(9-2)7-3-4-8-5-7/h6-8H,3-5H2,1-2H3. The summed E-state index contributed by atoms with van der Waals surface area (Å²) in [7, 11) is 0. The van der Waals surface area contributed by atoms with E-state index in [1.807, 2.05) is 11.8 Å². The van der Waals surface area contributed by atoms with Crippen LogP contribution >= 0.6 is 11.8 Å². The molecule has 1 N–H and O–H groups in total. The summed E-state index contributed by atoms with van der Waals surface area (Å²) in [6, 6.07) is 0. The van der Waals surface area contributed by atoms with Gasteiger partial charge in [0.15, 0.2) is 0 Å². The molecule has 1 aliphatic heterocycles. The highest BCUT2D eigenvalue weighted by Crippen LogP contribution is 2.21. The summed E-state index contributed by atoms with van der Waals surface area (Å²) in [6.45, 7) is 4.79. The van der Waals surface area contributed by atoms with Crippen molar-refractivity contribution in [2.24, 2.45) is 5.92 Å². The molecule has 54 valence electrons. The Balaban J connectivity index is 2.24. The van der Waals surface area contributed by atoms with E-state index in [9.17, 15) is 0 Å². The topological polar surface area (TPSA) is 12.0 Å². The van der Waals surface area contributed by atoms with Crippen molar-refractivity contribution in [1.29, 1.82) is 0 Å². The van der Waals surface area contributed by atoms with Gasteiger partial charge in [0.25, 0.3) is 0 Å². The monoisotopic (exact) mass is 145 g/mol. The fraction of sp³-hybridized carbons (Fsp3) is 1.00. The van der Waals surface area contributed by atoms with Crippen molar-refractivity contribution in [3.8, 4) is 0 Å². The lowest BCUT2D eigenvalue weighted by molar-refractivity contribution is 0.578. The third-order valence-corrected chi connectivity index (χ3v) is 3.26. The summed E-state index contributed by atoms with van der Waals surface area (Å²) in [6.07, 6.45) is 3.57. The Morgan fingerprint density at radius 2 is 2.44 bits per heavy atom. The molecule has 1 heterocycles. The second-order valence-corrected chi connectivity index (χ2v) is 3.91. The lowest BCUT2D eigenvalue weighted by Crippen LogP contribution is -2.16. The van der Waals surface area contributed by atoms with Crippen LogP contribution in [0, 0.1) is 5.92 Å². The maximum atomic E-state index is 3.37. The molecule has 0 aliphatic carbocycles. The molecule has 0 amide bonds. The Hall–Kier alpha value is 0.310. The minimum Gasteiger partial charge on any atom is -0.316 e. The fourth-order valence-electron chi connectivity index (χ4n) is 1.27. The van der Waals surface area contributed by atoms with Crippen LogP contribution in [0.15, 0.2) is 0 Å². The van der Waals surface area contributed by atoms with Crippen LogP contribution in [0.3, 0.4) is 0 Å². The lowest BCUT2D eigenvalue weighted by atomic mass is 10.1. The number of hydrogen-bond donors (Lipinski definition) is 1. The van der Waals surface area contributed by atoms with Crippen LogP contribution in [0.5, 0.6) is 0 Å². The smallest absolute Gasteiger partial charge is 0.00567 e. The largest absolute Gasteiger partial charge is 0.316 e. The first-order valence-corrected chi connectivity index (χ1v) is 4.87. The highest BCUT2D eigenvalue weighted by Gasteiger charge is 2.19. The maximum absolute atomic E-state index is 3.37. The molecule has 1 nitrogen and oxygen atoms in total. The third-order valence-electron chi connectivity index (χ3n) is 2.13. The van der Waals surface area contributed by atoms with Crippen LogP contribution in [0.25, 0.3) is 0 Å². The van der Waals surface area contributed by atoms with Crippen LogP contribution < -0.4 is 5.32 Å². The summed E-state index contributed by atoms with van der Waals surface area (Å²) >= 11 is 1.98. The van der Waals surface area contributed by atoms with E-state index in [2.05, 4.69) is 18.5 Å². The fourth-order valence-corrected chi connectivity index (χ4v) is 1.89. The normalized spacial score (nSPS) is 30.7. The van der Waals surface area contributed by atoms with Crippen LogP contribution in [0.2, 0.25) is 0 Å². The summed E-state index contributed by atoms with van der Waals surface area (Å²) in [5, 5.41) is 4.22. The first kappa shape index (κ1) is 7.42. The van der Waals surface area contributed by atoms with Crippen molar-refractivity contribution in [3.63, 3.8) is 0 Å². The predicted molar refractivity (Wildman–Crippen MR) is 44.0 cm³/mol. The van der Waals surface area contributed by atoms with E-state index in [4.69, 9.17) is 0 Å². The quantitative estimate of drug-likeness (QED) is 0.629. The predicted octanol–water partition coefficient (Wildman–Crippen LogP) is 1.35. The third kappa shape index (κ3) is 1.87. The van der Waals surface area contributed by atoms with E-state index in [0.717, 1.165) is 11.2 Å².